The van der Waals surface area contributed by atoms with Crippen LogP contribution in [0.1, 0.15) is 11.1 Å². The first-order chi connectivity index (χ1) is 11.9. The maximum Gasteiger partial charge on any atom is 0.326 e. The lowest BCUT2D eigenvalue weighted by atomic mass is 10.0. The molecule has 0 spiro atoms. The summed E-state index contributed by atoms with van der Waals surface area (Å²) in [4.78, 5) is 23.6. The molecule has 7 heteroatoms. The number of carbonyl (C=O) groups excluding carboxylic acids is 1. The molecule has 132 valence electrons. The number of nitrogens with one attached hydrogen (secondary N) is 1. The Bertz CT molecular complexity index is 748. The second kappa shape index (κ2) is 8.16. The van der Waals surface area contributed by atoms with Gasteiger partial charge in [0, 0.05) is 6.42 Å². The number of carboxylic acids is 1. The molecule has 1 amide bonds. The van der Waals surface area contributed by atoms with E-state index < -0.39 is 24.0 Å². The first-order valence-corrected chi connectivity index (χ1v) is 7.70. The molecule has 0 fully saturated rings. The van der Waals surface area contributed by atoms with Gasteiger partial charge in [-0.15, -0.1) is 0 Å². The molecule has 0 aliphatic rings. The zero-order chi connectivity index (χ0) is 18.4. The van der Waals surface area contributed by atoms with E-state index in [9.17, 15) is 24.9 Å². The molecule has 1 unspecified atom stereocenters. The average molecular weight is 344 g/mol. The smallest absolute Gasteiger partial charge is 0.326 e. The maximum absolute atomic E-state index is 12.2. The highest BCUT2D eigenvalue weighted by Gasteiger charge is 2.23. The van der Waals surface area contributed by atoms with E-state index in [4.69, 9.17) is 5.73 Å². The maximum atomic E-state index is 12.2. The topological polar surface area (TPSA) is 133 Å². The van der Waals surface area contributed by atoms with Gasteiger partial charge in [-0.1, -0.05) is 36.4 Å². The van der Waals surface area contributed by atoms with Crippen molar-refractivity contribution < 1.29 is 24.9 Å². The standard InChI is InChI=1S/C18H20N2O5/c19-13(8-12-6-7-15(21)16(22)10-12)17(23)20-14(18(24)25)9-11-4-2-1-3-5-11/h1-7,10,13-14,21-22H,8-9,19H2,(H,20,23)(H,24,25)/t13-,14?/m0/s1. The number of phenolic OH excluding ortho intramolecular Hbond substituents is 2. The van der Waals surface area contributed by atoms with Crippen molar-refractivity contribution in [2.75, 3.05) is 0 Å². The Labute approximate surface area is 144 Å². The summed E-state index contributed by atoms with van der Waals surface area (Å²) < 4.78 is 0. The van der Waals surface area contributed by atoms with Crippen molar-refractivity contribution in [2.45, 2.75) is 24.9 Å². The zero-order valence-electron chi connectivity index (χ0n) is 13.4. The molecule has 0 aliphatic heterocycles. The fourth-order valence-electron chi connectivity index (χ4n) is 2.37. The van der Waals surface area contributed by atoms with Gasteiger partial charge >= 0.3 is 5.97 Å². The van der Waals surface area contributed by atoms with E-state index in [1.54, 1.807) is 24.3 Å². The third-order valence-corrected chi connectivity index (χ3v) is 3.73. The van der Waals surface area contributed by atoms with E-state index in [0.29, 0.717) is 5.56 Å². The zero-order valence-corrected chi connectivity index (χ0v) is 13.4. The third-order valence-electron chi connectivity index (χ3n) is 3.73. The number of rotatable bonds is 7. The van der Waals surface area contributed by atoms with Crippen LogP contribution < -0.4 is 11.1 Å². The van der Waals surface area contributed by atoms with Gasteiger partial charge in [-0.05, 0) is 29.7 Å². The van der Waals surface area contributed by atoms with Gasteiger partial charge in [0.1, 0.15) is 6.04 Å². The van der Waals surface area contributed by atoms with Gasteiger partial charge in [0.25, 0.3) is 0 Å². The minimum atomic E-state index is -1.15. The van der Waals surface area contributed by atoms with Crippen LogP contribution in [0.2, 0.25) is 0 Å². The van der Waals surface area contributed by atoms with E-state index in [2.05, 4.69) is 5.32 Å². The van der Waals surface area contributed by atoms with Crippen molar-refractivity contribution in [1.82, 2.24) is 5.32 Å². The summed E-state index contributed by atoms with van der Waals surface area (Å²) in [7, 11) is 0. The molecule has 0 aliphatic carbocycles. The highest BCUT2D eigenvalue weighted by atomic mass is 16.4. The van der Waals surface area contributed by atoms with Gasteiger partial charge in [-0.3, -0.25) is 4.79 Å². The van der Waals surface area contributed by atoms with Crippen molar-refractivity contribution in [3.8, 4) is 11.5 Å². The number of hydrogen-bond donors (Lipinski definition) is 5. The van der Waals surface area contributed by atoms with Crippen LogP contribution >= 0.6 is 0 Å². The van der Waals surface area contributed by atoms with Crippen LogP contribution in [0, 0.1) is 0 Å². The Morgan fingerprint density at radius 2 is 1.64 bits per heavy atom. The van der Waals surface area contributed by atoms with Gasteiger partial charge in [0.05, 0.1) is 6.04 Å². The largest absolute Gasteiger partial charge is 0.504 e. The normalized spacial score (nSPS) is 13.0. The number of amides is 1. The molecule has 0 saturated carbocycles. The number of hydrogen-bond acceptors (Lipinski definition) is 5. The van der Waals surface area contributed by atoms with Crippen LogP contribution in [0.5, 0.6) is 11.5 Å². The molecular formula is C18H20N2O5. The monoisotopic (exact) mass is 344 g/mol. The second-order valence-corrected chi connectivity index (χ2v) is 5.72. The highest BCUT2D eigenvalue weighted by molar-refractivity contribution is 5.87. The molecule has 0 aromatic heterocycles. The molecule has 2 atom stereocenters. The van der Waals surface area contributed by atoms with Crippen LogP contribution in [-0.4, -0.2) is 39.3 Å². The average Bonchev–Trinajstić information content (AvgIpc) is 2.58. The van der Waals surface area contributed by atoms with Gasteiger partial charge in [-0.25, -0.2) is 4.79 Å². The molecule has 0 saturated heterocycles. The number of carbonyl (C=O) groups is 2. The van der Waals surface area contributed by atoms with Crippen molar-refractivity contribution in [1.29, 1.82) is 0 Å². The summed E-state index contributed by atoms with van der Waals surface area (Å²) >= 11 is 0. The van der Waals surface area contributed by atoms with Crippen LogP contribution in [0.4, 0.5) is 0 Å². The third kappa shape index (κ3) is 5.22. The van der Waals surface area contributed by atoms with Crippen LogP contribution in [0.25, 0.3) is 0 Å². The van der Waals surface area contributed by atoms with E-state index in [0.717, 1.165) is 5.56 Å². The van der Waals surface area contributed by atoms with Crippen LogP contribution in [0.3, 0.4) is 0 Å². The lowest BCUT2D eigenvalue weighted by Crippen LogP contribution is -2.50. The van der Waals surface area contributed by atoms with Gasteiger partial charge in [-0.2, -0.15) is 0 Å². The second-order valence-electron chi connectivity index (χ2n) is 5.72. The van der Waals surface area contributed by atoms with Gasteiger partial charge < -0.3 is 26.4 Å². The fraction of sp³-hybridized carbons (Fsp3) is 0.222. The van der Waals surface area contributed by atoms with Crippen molar-refractivity contribution in [3.63, 3.8) is 0 Å². The van der Waals surface area contributed by atoms with Crippen molar-refractivity contribution in [3.05, 3.63) is 59.7 Å². The fourth-order valence-corrected chi connectivity index (χ4v) is 2.37. The predicted octanol–water partition coefficient (Wildman–Crippen LogP) is 0.780. The Morgan fingerprint density at radius 1 is 0.960 bits per heavy atom. The number of aromatic hydroxyl groups is 2. The summed E-state index contributed by atoms with van der Waals surface area (Å²) in [5, 5.41) is 30.5. The summed E-state index contributed by atoms with van der Waals surface area (Å²) in [5.74, 6) is -2.32. The minimum Gasteiger partial charge on any atom is -0.504 e. The SMILES string of the molecule is N[C@@H](Cc1ccc(O)c(O)c1)C(=O)NC(Cc1ccccc1)C(=O)O. The number of carboxylic acid groups (broad SMARTS) is 1. The first-order valence-electron chi connectivity index (χ1n) is 7.70. The molecule has 0 radical (unpaired) electrons. The Morgan fingerprint density at radius 3 is 2.24 bits per heavy atom. The molecule has 2 aromatic carbocycles. The van der Waals surface area contributed by atoms with Crippen molar-refractivity contribution in [2.24, 2.45) is 5.73 Å². The minimum absolute atomic E-state index is 0.0946. The van der Waals surface area contributed by atoms with E-state index in [-0.39, 0.29) is 24.3 Å². The molecule has 6 N–H and O–H groups in total. The summed E-state index contributed by atoms with van der Waals surface area (Å²) in [6.45, 7) is 0. The molecule has 0 heterocycles. The van der Waals surface area contributed by atoms with Gasteiger partial charge in [0.2, 0.25) is 5.91 Å². The van der Waals surface area contributed by atoms with Crippen LogP contribution in [-0.2, 0) is 22.4 Å². The van der Waals surface area contributed by atoms with E-state index in [1.807, 2.05) is 6.07 Å². The number of phenols is 2. The molecular weight excluding hydrogens is 324 g/mol. The summed E-state index contributed by atoms with van der Waals surface area (Å²) in [6.07, 6.45) is 0.242. The molecule has 7 nitrogen and oxygen atoms in total. The highest BCUT2D eigenvalue weighted by Crippen LogP contribution is 2.25. The molecule has 2 aromatic rings. The Balaban J connectivity index is 1.99. The Hall–Kier alpha value is -3.06. The van der Waals surface area contributed by atoms with E-state index in [1.165, 1.54) is 18.2 Å². The molecule has 2 rings (SSSR count). The van der Waals surface area contributed by atoms with Crippen LogP contribution in [0.15, 0.2) is 48.5 Å². The first kappa shape index (κ1) is 18.3. The Kier molecular flexibility index (Phi) is 5.97. The van der Waals surface area contributed by atoms with E-state index >= 15 is 0 Å². The lowest BCUT2D eigenvalue weighted by molar-refractivity contribution is -0.141. The molecule has 0 bridgehead atoms. The summed E-state index contributed by atoms with van der Waals surface area (Å²) in [5.41, 5.74) is 7.16. The van der Waals surface area contributed by atoms with Gasteiger partial charge in [0.15, 0.2) is 11.5 Å². The quantitative estimate of drug-likeness (QED) is 0.471. The number of benzene rings is 2. The lowest BCUT2D eigenvalue weighted by Gasteiger charge is -2.18. The predicted molar refractivity (Wildman–Crippen MR) is 91.2 cm³/mol. The number of nitrogens with two attached hydrogens (primary N) is 1. The van der Waals surface area contributed by atoms with Crippen molar-refractivity contribution >= 4 is 11.9 Å². The number of aliphatic carboxylic acids is 1. The molecule has 25 heavy (non-hydrogen) atoms. The summed E-state index contributed by atoms with van der Waals surface area (Å²) in [6, 6.07) is 11.0.